The Balaban J connectivity index is 2.06. The first-order valence-electron chi connectivity index (χ1n) is 7.38. The van der Waals surface area contributed by atoms with Gasteiger partial charge in [0.15, 0.2) is 0 Å². The second-order valence-corrected chi connectivity index (χ2v) is 6.43. The normalized spacial score (nSPS) is 16.2. The molecule has 1 heterocycles. The second-order valence-electron chi connectivity index (χ2n) is 6.43. The van der Waals surface area contributed by atoms with Crippen LogP contribution in [-0.2, 0) is 13.0 Å². The van der Waals surface area contributed by atoms with E-state index in [1.165, 1.54) is 24.8 Å². The molecule has 0 radical (unpaired) electrons. The molecule has 0 amide bonds. The molecule has 0 spiro atoms. The first-order chi connectivity index (χ1) is 8.96. The molecule has 1 aromatic rings. The van der Waals surface area contributed by atoms with Crippen molar-refractivity contribution in [2.24, 2.45) is 0 Å². The fourth-order valence-corrected chi connectivity index (χ4v) is 1.99. The van der Waals surface area contributed by atoms with Crippen LogP contribution in [0.25, 0.3) is 0 Å². The fourth-order valence-electron chi connectivity index (χ4n) is 1.99. The first kappa shape index (κ1) is 14.3. The third-order valence-electron chi connectivity index (χ3n) is 3.44. The van der Waals surface area contributed by atoms with E-state index in [4.69, 9.17) is 4.74 Å². The number of ether oxygens (including phenoxy) is 1. The summed E-state index contributed by atoms with van der Waals surface area (Å²) >= 11 is 0. The van der Waals surface area contributed by atoms with Crippen LogP contribution in [0.15, 0.2) is 12.1 Å². The minimum Gasteiger partial charge on any atom is -0.474 e. The molecule has 3 heteroatoms. The van der Waals surface area contributed by atoms with Crippen molar-refractivity contribution in [3.63, 3.8) is 0 Å². The van der Waals surface area contributed by atoms with Gasteiger partial charge in [0.2, 0.25) is 5.88 Å². The molecule has 1 fully saturated rings. The van der Waals surface area contributed by atoms with Gasteiger partial charge in [-0.25, -0.2) is 4.98 Å². The topological polar surface area (TPSA) is 34.1 Å². The third-order valence-corrected chi connectivity index (χ3v) is 3.44. The molecule has 0 aliphatic heterocycles. The second kappa shape index (κ2) is 5.91. The van der Waals surface area contributed by atoms with Crippen LogP contribution in [0.1, 0.15) is 58.2 Å². The van der Waals surface area contributed by atoms with Gasteiger partial charge in [0, 0.05) is 23.8 Å². The number of aryl methyl sites for hydroxylation is 1. The van der Waals surface area contributed by atoms with Gasteiger partial charge in [0.05, 0.1) is 0 Å². The molecule has 1 N–H and O–H groups in total. The molecule has 0 saturated heterocycles. The summed E-state index contributed by atoms with van der Waals surface area (Å²) in [5.41, 5.74) is 2.50. The summed E-state index contributed by atoms with van der Waals surface area (Å²) in [6.07, 6.45) is 4.98. The van der Waals surface area contributed by atoms with Gasteiger partial charge in [-0.05, 0) is 58.1 Å². The van der Waals surface area contributed by atoms with Gasteiger partial charge in [0.1, 0.15) is 6.10 Å². The van der Waals surface area contributed by atoms with Crippen LogP contribution in [-0.4, -0.2) is 16.6 Å². The minimum atomic E-state index is 0.130. The summed E-state index contributed by atoms with van der Waals surface area (Å²) in [5, 5.41) is 3.51. The van der Waals surface area contributed by atoms with Crippen LogP contribution >= 0.6 is 0 Å². The molecule has 1 saturated carbocycles. The monoisotopic (exact) mass is 262 g/mol. The van der Waals surface area contributed by atoms with Gasteiger partial charge in [-0.2, -0.15) is 0 Å². The number of hydrogen-bond donors (Lipinski definition) is 1. The van der Waals surface area contributed by atoms with E-state index < -0.39 is 0 Å². The zero-order valence-electron chi connectivity index (χ0n) is 12.6. The zero-order valence-corrected chi connectivity index (χ0v) is 12.6. The van der Waals surface area contributed by atoms with Crippen LogP contribution in [0.4, 0.5) is 0 Å². The minimum absolute atomic E-state index is 0.130. The number of pyridine rings is 1. The first-order valence-corrected chi connectivity index (χ1v) is 7.38. The SMILES string of the molecule is CCc1cc(CNC(C)(C)C)cc(OC2CCC2)n1. The number of hydrogen-bond acceptors (Lipinski definition) is 3. The Labute approximate surface area is 116 Å². The van der Waals surface area contributed by atoms with Crippen LogP contribution in [0, 0.1) is 0 Å². The number of rotatable bonds is 5. The van der Waals surface area contributed by atoms with Crippen LogP contribution in [0.2, 0.25) is 0 Å². The molecule has 106 valence electrons. The fraction of sp³-hybridized carbons (Fsp3) is 0.688. The summed E-state index contributed by atoms with van der Waals surface area (Å²) in [4.78, 5) is 4.57. The Morgan fingerprint density at radius 1 is 1.32 bits per heavy atom. The summed E-state index contributed by atoms with van der Waals surface area (Å²) in [7, 11) is 0. The predicted molar refractivity (Wildman–Crippen MR) is 78.5 cm³/mol. The van der Waals surface area contributed by atoms with Crippen molar-refractivity contribution >= 4 is 0 Å². The van der Waals surface area contributed by atoms with E-state index in [1.54, 1.807) is 0 Å². The van der Waals surface area contributed by atoms with Crippen molar-refractivity contribution in [1.82, 2.24) is 10.3 Å². The lowest BCUT2D eigenvalue weighted by Crippen LogP contribution is -2.35. The van der Waals surface area contributed by atoms with E-state index in [-0.39, 0.29) is 5.54 Å². The van der Waals surface area contributed by atoms with Crippen molar-refractivity contribution in [2.75, 3.05) is 0 Å². The molecule has 1 aromatic heterocycles. The van der Waals surface area contributed by atoms with Gasteiger partial charge in [-0.15, -0.1) is 0 Å². The van der Waals surface area contributed by atoms with Crippen LogP contribution in [0.5, 0.6) is 5.88 Å². The highest BCUT2D eigenvalue weighted by Crippen LogP contribution is 2.25. The van der Waals surface area contributed by atoms with E-state index in [1.807, 2.05) is 0 Å². The third kappa shape index (κ3) is 4.50. The van der Waals surface area contributed by atoms with Crippen molar-refractivity contribution in [3.05, 3.63) is 23.4 Å². The number of nitrogens with one attached hydrogen (secondary N) is 1. The average molecular weight is 262 g/mol. The highest BCUT2D eigenvalue weighted by molar-refractivity contribution is 5.25. The van der Waals surface area contributed by atoms with Crippen molar-refractivity contribution < 1.29 is 4.74 Å². The molecule has 0 unspecified atom stereocenters. The lowest BCUT2D eigenvalue weighted by Gasteiger charge is -2.26. The van der Waals surface area contributed by atoms with Gasteiger partial charge in [-0.3, -0.25) is 0 Å². The smallest absolute Gasteiger partial charge is 0.214 e. The van der Waals surface area contributed by atoms with E-state index in [9.17, 15) is 0 Å². The van der Waals surface area contributed by atoms with Crippen LogP contribution < -0.4 is 10.1 Å². The summed E-state index contributed by atoms with van der Waals surface area (Å²) in [5.74, 6) is 0.801. The maximum Gasteiger partial charge on any atom is 0.214 e. The Bertz CT molecular complexity index is 419. The largest absolute Gasteiger partial charge is 0.474 e. The quantitative estimate of drug-likeness (QED) is 0.882. The highest BCUT2D eigenvalue weighted by Gasteiger charge is 2.20. The molecule has 19 heavy (non-hydrogen) atoms. The molecule has 3 nitrogen and oxygen atoms in total. The molecule has 0 bridgehead atoms. The molecular formula is C16H26N2O. The predicted octanol–water partition coefficient (Wildman–Crippen LogP) is 3.46. The van der Waals surface area contributed by atoms with Gasteiger partial charge in [0.25, 0.3) is 0 Å². The molecule has 1 aliphatic carbocycles. The maximum absolute atomic E-state index is 5.93. The van der Waals surface area contributed by atoms with Crippen molar-refractivity contribution in [2.45, 2.75) is 71.6 Å². The Hall–Kier alpha value is -1.09. The highest BCUT2D eigenvalue weighted by atomic mass is 16.5. The molecule has 0 aromatic carbocycles. The molecule has 2 rings (SSSR count). The Kier molecular flexibility index (Phi) is 4.46. The van der Waals surface area contributed by atoms with Crippen molar-refractivity contribution in [1.29, 1.82) is 0 Å². The standard InChI is InChI=1S/C16H26N2O/c1-5-13-9-12(11-17-16(2,3)4)10-15(18-13)19-14-7-6-8-14/h9-10,14,17H,5-8,11H2,1-4H3. The lowest BCUT2D eigenvalue weighted by molar-refractivity contribution is 0.114. The number of aromatic nitrogens is 1. The van der Waals surface area contributed by atoms with Gasteiger partial charge < -0.3 is 10.1 Å². The van der Waals surface area contributed by atoms with Gasteiger partial charge in [-0.1, -0.05) is 6.92 Å². The van der Waals surface area contributed by atoms with Gasteiger partial charge >= 0.3 is 0 Å². The Morgan fingerprint density at radius 2 is 2.05 bits per heavy atom. The summed E-state index contributed by atoms with van der Waals surface area (Å²) < 4.78 is 5.93. The van der Waals surface area contributed by atoms with Crippen LogP contribution in [0.3, 0.4) is 0 Å². The maximum atomic E-state index is 5.93. The summed E-state index contributed by atoms with van der Waals surface area (Å²) in [6, 6.07) is 4.25. The van der Waals surface area contributed by atoms with E-state index >= 15 is 0 Å². The molecule has 0 atom stereocenters. The number of nitrogens with zero attached hydrogens (tertiary/aromatic N) is 1. The summed E-state index contributed by atoms with van der Waals surface area (Å²) in [6.45, 7) is 9.54. The average Bonchev–Trinajstić information content (AvgIpc) is 2.30. The molecule has 1 aliphatic rings. The van der Waals surface area contributed by atoms with E-state index in [0.717, 1.165) is 24.5 Å². The van der Waals surface area contributed by atoms with E-state index in [2.05, 4.69) is 50.1 Å². The van der Waals surface area contributed by atoms with Crippen molar-refractivity contribution in [3.8, 4) is 5.88 Å². The Morgan fingerprint density at radius 3 is 2.58 bits per heavy atom. The zero-order chi connectivity index (χ0) is 13.9. The lowest BCUT2D eigenvalue weighted by atomic mass is 9.96. The molecular weight excluding hydrogens is 236 g/mol. The van der Waals surface area contributed by atoms with E-state index in [0.29, 0.717) is 6.10 Å².